The first kappa shape index (κ1) is 14.8. The molecule has 0 bridgehead atoms. The molecular formula is C18H16N4O. The smallest absolute Gasteiger partial charge is 0.228 e. The predicted octanol–water partition coefficient (Wildman–Crippen LogP) is 3.03. The van der Waals surface area contributed by atoms with Gasteiger partial charge in [0.2, 0.25) is 5.91 Å². The van der Waals surface area contributed by atoms with Crippen LogP contribution in [0.1, 0.15) is 11.1 Å². The SMILES string of the molecule is Cc1ccc(CC(=O)Nc2cnc(-c3cccnc3)nc2)cc1. The third-order valence-corrected chi connectivity index (χ3v) is 3.34. The molecule has 0 saturated carbocycles. The molecule has 0 aliphatic rings. The van der Waals surface area contributed by atoms with E-state index in [0.717, 1.165) is 11.1 Å². The number of benzene rings is 1. The van der Waals surface area contributed by atoms with Crippen molar-refractivity contribution in [2.45, 2.75) is 13.3 Å². The van der Waals surface area contributed by atoms with Crippen LogP contribution >= 0.6 is 0 Å². The molecule has 0 aliphatic heterocycles. The summed E-state index contributed by atoms with van der Waals surface area (Å²) in [5.74, 6) is 0.487. The maximum atomic E-state index is 12.0. The highest BCUT2D eigenvalue weighted by atomic mass is 16.1. The second-order valence-corrected chi connectivity index (χ2v) is 5.25. The highest BCUT2D eigenvalue weighted by Crippen LogP contribution is 2.14. The molecule has 3 rings (SSSR count). The number of hydrogen-bond donors (Lipinski definition) is 1. The van der Waals surface area contributed by atoms with Crippen molar-refractivity contribution in [1.82, 2.24) is 15.0 Å². The van der Waals surface area contributed by atoms with E-state index < -0.39 is 0 Å². The van der Waals surface area contributed by atoms with Crippen molar-refractivity contribution in [3.63, 3.8) is 0 Å². The fraction of sp³-hybridized carbons (Fsp3) is 0.111. The summed E-state index contributed by atoms with van der Waals surface area (Å²) >= 11 is 0. The van der Waals surface area contributed by atoms with Crippen LogP contribution in [0, 0.1) is 6.92 Å². The lowest BCUT2D eigenvalue weighted by atomic mass is 10.1. The number of hydrogen-bond acceptors (Lipinski definition) is 4. The van der Waals surface area contributed by atoms with Crippen LogP contribution in [0.5, 0.6) is 0 Å². The number of pyridine rings is 1. The lowest BCUT2D eigenvalue weighted by Crippen LogP contribution is -2.14. The summed E-state index contributed by atoms with van der Waals surface area (Å²) < 4.78 is 0. The van der Waals surface area contributed by atoms with Gasteiger partial charge >= 0.3 is 0 Å². The molecule has 0 saturated heterocycles. The molecule has 5 heteroatoms. The molecule has 1 N–H and O–H groups in total. The fourth-order valence-electron chi connectivity index (χ4n) is 2.13. The fourth-order valence-corrected chi connectivity index (χ4v) is 2.13. The zero-order chi connectivity index (χ0) is 16.1. The largest absolute Gasteiger partial charge is 0.323 e. The number of carbonyl (C=O) groups excluding carboxylic acids is 1. The van der Waals surface area contributed by atoms with E-state index in [1.54, 1.807) is 24.8 Å². The molecule has 0 spiro atoms. The Hall–Kier alpha value is -3.08. The van der Waals surface area contributed by atoms with Crippen molar-refractivity contribution in [2.24, 2.45) is 0 Å². The van der Waals surface area contributed by atoms with E-state index in [9.17, 15) is 4.79 Å². The van der Waals surface area contributed by atoms with Crippen LogP contribution in [0.15, 0.2) is 61.2 Å². The van der Waals surface area contributed by atoms with Crippen LogP contribution in [0.25, 0.3) is 11.4 Å². The average Bonchev–Trinajstić information content (AvgIpc) is 2.58. The molecule has 23 heavy (non-hydrogen) atoms. The molecular weight excluding hydrogens is 288 g/mol. The Labute approximate surface area is 134 Å². The van der Waals surface area contributed by atoms with Gasteiger partial charge < -0.3 is 5.32 Å². The molecule has 1 aromatic carbocycles. The monoisotopic (exact) mass is 304 g/mol. The van der Waals surface area contributed by atoms with Gasteiger partial charge in [-0.05, 0) is 24.6 Å². The zero-order valence-electron chi connectivity index (χ0n) is 12.7. The van der Waals surface area contributed by atoms with E-state index in [-0.39, 0.29) is 5.91 Å². The van der Waals surface area contributed by atoms with Gasteiger partial charge in [0.05, 0.1) is 24.5 Å². The molecule has 2 aromatic heterocycles. The second-order valence-electron chi connectivity index (χ2n) is 5.25. The summed E-state index contributed by atoms with van der Waals surface area (Å²) in [6.07, 6.45) is 6.92. The van der Waals surface area contributed by atoms with Crippen LogP contribution < -0.4 is 5.32 Å². The Bertz CT molecular complexity index is 784. The topological polar surface area (TPSA) is 67.8 Å². The number of nitrogens with zero attached hydrogens (tertiary/aromatic N) is 3. The molecule has 0 radical (unpaired) electrons. The second kappa shape index (κ2) is 6.79. The maximum Gasteiger partial charge on any atom is 0.228 e. The van der Waals surface area contributed by atoms with E-state index in [0.29, 0.717) is 17.9 Å². The lowest BCUT2D eigenvalue weighted by Gasteiger charge is -2.06. The van der Waals surface area contributed by atoms with E-state index in [1.165, 1.54) is 5.56 Å². The van der Waals surface area contributed by atoms with Crippen molar-refractivity contribution < 1.29 is 4.79 Å². The van der Waals surface area contributed by atoms with Crippen molar-refractivity contribution in [2.75, 3.05) is 5.32 Å². The number of rotatable bonds is 4. The average molecular weight is 304 g/mol. The Morgan fingerprint density at radius 3 is 2.43 bits per heavy atom. The van der Waals surface area contributed by atoms with Gasteiger partial charge in [-0.2, -0.15) is 0 Å². The third kappa shape index (κ3) is 3.97. The molecule has 1 amide bonds. The molecule has 0 fully saturated rings. The van der Waals surface area contributed by atoms with Crippen LogP contribution in [-0.2, 0) is 11.2 Å². The summed E-state index contributed by atoms with van der Waals surface area (Å²) in [5.41, 5.74) is 3.56. The number of anilines is 1. The summed E-state index contributed by atoms with van der Waals surface area (Å²) in [5, 5.41) is 2.80. The summed E-state index contributed by atoms with van der Waals surface area (Å²) in [4.78, 5) is 24.6. The summed E-state index contributed by atoms with van der Waals surface area (Å²) in [6.45, 7) is 2.02. The van der Waals surface area contributed by atoms with Gasteiger partial charge in [-0.1, -0.05) is 29.8 Å². The minimum Gasteiger partial charge on any atom is -0.323 e. The predicted molar refractivity (Wildman–Crippen MR) is 88.8 cm³/mol. The number of nitrogens with one attached hydrogen (secondary N) is 1. The van der Waals surface area contributed by atoms with Crippen LogP contribution in [0.3, 0.4) is 0 Å². The molecule has 0 atom stereocenters. The van der Waals surface area contributed by atoms with Crippen molar-refractivity contribution >= 4 is 11.6 Å². The number of amides is 1. The van der Waals surface area contributed by atoms with E-state index in [1.807, 2.05) is 43.3 Å². The first-order chi connectivity index (χ1) is 11.2. The summed E-state index contributed by atoms with van der Waals surface area (Å²) in [6, 6.07) is 11.6. The van der Waals surface area contributed by atoms with Gasteiger partial charge in [0.25, 0.3) is 0 Å². The Kier molecular flexibility index (Phi) is 4.38. The first-order valence-electron chi connectivity index (χ1n) is 7.28. The van der Waals surface area contributed by atoms with E-state index in [2.05, 4.69) is 20.3 Å². The van der Waals surface area contributed by atoms with Gasteiger partial charge in [-0.25, -0.2) is 9.97 Å². The molecule has 5 nitrogen and oxygen atoms in total. The van der Waals surface area contributed by atoms with Gasteiger partial charge in [0.15, 0.2) is 5.82 Å². The van der Waals surface area contributed by atoms with Gasteiger partial charge in [0, 0.05) is 18.0 Å². The molecule has 114 valence electrons. The molecule has 0 aliphatic carbocycles. The van der Waals surface area contributed by atoms with Gasteiger partial charge in [-0.15, -0.1) is 0 Å². The zero-order valence-corrected chi connectivity index (χ0v) is 12.7. The third-order valence-electron chi connectivity index (χ3n) is 3.34. The summed E-state index contributed by atoms with van der Waals surface area (Å²) in [7, 11) is 0. The van der Waals surface area contributed by atoms with Crippen molar-refractivity contribution in [1.29, 1.82) is 0 Å². The molecule has 2 heterocycles. The number of aromatic nitrogens is 3. The molecule has 3 aromatic rings. The van der Waals surface area contributed by atoms with Crippen molar-refractivity contribution in [3.8, 4) is 11.4 Å². The number of carbonyl (C=O) groups is 1. The minimum atomic E-state index is -0.0911. The van der Waals surface area contributed by atoms with Crippen LogP contribution in [-0.4, -0.2) is 20.9 Å². The highest BCUT2D eigenvalue weighted by Gasteiger charge is 2.06. The van der Waals surface area contributed by atoms with E-state index in [4.69, 9.17) is 0 Å². The lowest BCUT2D eigenvalue weighted by molar-refractivity contribution is -0.115. The van der Waals surface area contributed by atoms with Crippen LogP contribution in [0.2, 0.25) is 0 Å². The quantitative estimate of drug-likeness (QED) is 0.804. The van der Waals surface area contributed by atoms with Gasteiger partial charge in [0.1, 0.15) is 0 Å². The van der Waals surface area contributed by atoms with Gasteiger partial charge in [-0.3, -0.25) is 9.78 Å². The Balaban J connectivity index is 1.64. The Morgan fingerprint density at radius 1 is 1.04 bits per heavy atom. The van der Waals surface area contributed by atoms with Crippen LogP contribution in [0.4, 0.5) is 5.69 Å². The number of aryl methyl sites for hydroxylation is 1. The highest BCUT2D eigenvalue weighted by molar-refractivity contribution is 5.92. The van der Waals surface area contributed by atoms with E-state index >= 15 is 0 Å². The maximum absolute atomic E-state index is 12.0. The standard InChI is InChI=1S/C18H16N4O/c1-13-4-6-14(7-5-13)9-17(23)22-16-11-20-18(21-12-16)15-3-2-8-19-10-15/h2-8,10-12H,9H2,1H3,(H,22,23). The minimum absolute atomic E-state index is 0.0911. The first-order valence-corrected chi connectivity index (χ1v) is 7.28. The Morgan fingerprint density at radius 2 is 1.78 bits per heavy atom. The molecule has 0 unspecified atom stereocenters. The normalized spacial score (nSPS) is 10.3. The van der Waals surface area contributed by atoms with Crippen molar-refractivity contribution in [3.05, 3.63) is 72.3 Å².